The van der Waals surface area contributed by atoms with Gasteiger partial charge in [0.15, 0.2) is 10.5 Å². The van der Waals surface area contributed by atoms with E-state index < -0.39 is 5.97 Å². The average molecular weight is 432 g/mol. The van der Waals surface area contributed by atoms with E-state index in [1.807, 2.05) is 32.9 Å². The van der Waals surface area contributed by atoms with Gasteiger partial charge in [0.25, 0.3) is 0 Å². The Hall–Kier alpha value is -2.44. The van der Waals surface area contributed by atoms with Gasteiger partial charge in [0.2, 0.25) is 0 Å². The molecule has 0 fully saturated rings. The van der Waals surface area contributed by atoms with E-state index in [2.05, 4.69) is 5.32 Å². The minimum absolute atomic E-state index is 0.0444. The molecule has 2 N–H and O–H groups in total. The van der Waals surface area contributed by atoms with E-state index in [4.69, 9.17) is 16.0 Å². The molecule has 1 atom stereocenters. The summed E-state index contributed by atoms with van der Waals surface area (Å²) in [4.78, 5) is 24.5. The van der Waals surface area contributed by atoms with Gasteiger partial charge in [-0.25, -0.2) is 4.79 Å². The van der Waals surface area contributed by atoms with Crippen molar-refractivity contribution < 1.29 is 14.3 Å². The molecule has 1 heterocycles. The van der Waals surface area contributed by atoms with Crippen LogP contribution in [-0.2, 0) is 0 Å². The highest BCUT2D eigenvalue weighted by atomic mass is 35.5. The molecule has 3 aromatic rings. The van der Waals surface area contributed by atoms with Crippen molar-refractivity contribution in [1.29, 1.82) is 0 Å². The molecule has 0 aliphatic rings. The largest absolute Gasteiger partial charge is 0.478 e. The lowest BCUT2D eigenvalue weighted by atomic mass is 10.00. The molecule has 5 nitrogen and oxygen atoms in total. The first kappa shape index (κ1) is 21.3. The maximum Gasteiger partial charge on any atom is 0.337 e. The molecule has 3 rings (SSSR count). The van der Waals surface area contributed by atoms with Crippen molar-refractivity contribution in [3.05, 3.63) is 67.8 Å². The normalized spacial score (nSPS) is 12.2. The summed E-state index contributed by atoms with van der Waals surface area (Å²) in [5.41, 5.74) is 3.33. The van der Waals surface area contributed by atoms with Gasteiger partial charge in [-0.15, -0.1) is 0 Å². The molecule has 2 aromatic carbocycles. The lowest BCUT2D eigenvalue weighted by Gasteiger charge is -2.20. The summed E-state index contributed by atoms with van der Waals surface area (Å²) in [6.45, 7) is 7.60. The van der Waals surface area contributed by atoms with Crippen molar-refractivity contribution in [3.63, 3.8) is 0 Å². The van der Waals surface area contributed by atoms with E-state index in [1.165, 1.54) is 17.8 Å². The van der Waals surface area contributed by atoms with Gasteiger partial charge in [0.05, 0.1) is 17.0 Å². The van der Waals surface area contributed by atoms with Crippen LogP contribution in [0.4, 0.5) is 5.69 Å². The van der Waals surface area contributed by atoms with Gasteiger partial charge >= 0.3 is 5.97 Å². The predicted octanol–water partition coefficient (Wildman–Crippen LogP) is 6.05. The Labute approximate surface area is 178 Å². The summed E-state index contributed by atoms with van der Waals surface area (Å²) in [6, 6.07) is 8.16. The van der Waals surface area contributed by atoms with Crippen LogP contribution in [0, 0.1) is 13.8 Å². The Morgan fingerprint density at radius 2 is 2.00 bits per heavy atom. The minimum atomic E-state index is -1.07. The van der Waals surface area contributed by atoms with E-state index in [0.717, 1.165) is 16.9 Å². The standard InChI is InChI=1S/C22H22ClNO4S/c1-5-29-22-12(3)19(25)17-9-11(2)8-15(20(17)28-22)13(4)24-18-7-6-14(23)10-16(18)21(26)27/h6-10,13,24H,5H2,1-4H3,(H,26,27). The molecule has 29 heavy (non-hydrogen) atoms. The van der Waals surface area contributed by atoms with Gasteiger partial charge in [-0.05, 0) is 56.4 Å². The van der Waals surface area contributed by atoms with E-state index in [1.54, 1.807) is 19.1 Å². The number of hydrogen-bond donors (Lipinski definition) is 2. The Bertz CT molecular complexity index is 1160. The second-order valence-corrected chi connectivity index (χ2v) is 8.54. The second kappa shape index (κ2) is 8.51. The Kier molecular flexibility index (Phi) is 6.24. The summed E-state index contributed by atoms with van der Waals surface area (Å²) in [5, 5.41) is 14.2. The van der Waals surface area contributed by atoms with Crippen LogP contribution >= 0.6 is 23.4 Å². The highest BCUT2D eigenvalue weighted by Crippen LogP contribution is 2.32. The molecule has 1 unspecified atom stereocenters. The molecule has 0 spiro atoms. The Morgan fingerprint density at radius 1 is 1.28 bits per heavy atom. The van der Waals surface area contributed by atoms with E-state index in [-0.39, 0.29) is 17.0 Å². The van der Waals surface area contributed by atoms with Crippen LogP contribution in [0.15, 0.2) is 44.6 Å². The monoisotopic (exact) mass is 431 g/mol. The smallest absolute Gasteiger partial charge is 0.337 e. The van der Waals surface area contributed by atoms with E-state index in [0.29, 0.717) is 32.3 Å². The zero-order valence-corrected chi connectivity index (χ0v) is 18.2. The van der Waals surface area contributed by atoms with Crippen molar-refractivity contribution >= 4 is 46.0 Å². The fourth-order valence-corrected chi connectivity index (χ4v) is 4.15. The number of benzene rings is 2. The van der Waals surface area contributed by atoms with Gasteiger partial charge in [0.1, 0.15) is 5.58 Å². The summed E-state index contributed by atoms with van der Waals surface area (Å²) in [6.07, 6.45) is 0. The number of fused-ring (bicyclic) bond motifs is 1. The van der Waals surface area contributed by atoms with Gasteiger partial charge in [0, 0.05) is 21.8 Å². The maximum absolute atomic E-state index is 12.9. The first-order valence-corrected chi connectivity index (χ1v) is 10.6. The van der Waals surface area contributed by atoms with Gasteiger partial charge in [-0.1, -0.05) is 36.4 Å². The molecular weight excluding hydrogens is 410 g/mol. The van der Waals surface area contributed by atoms with Crippen molar-refractivity contribution in [3.8, 4) is 0 Å². The van der Waals surface area contributed by atoms with Gasteiger partial charge in [-0.3, -0.25) is 4.79 Å². The quantitative estimate of drug-likeness (QED) is 0.462. The van der Waals surface area contributed by atoms with Crippen LogP contribution in [0.25, 0.3) is 11.0 Å². The first-order chi connectivity index (χ1) is 13.7. The molecule has 0 amide bonds. The highest BCUT2D eigenvalue weighted by molar-refractivity contribution is 7.99. The Balaban J connectivity index is 2.14. The molecule has 0 bridgehead atoms. The SMILES string of the molecule is CCSc1oc2c(C(C)Nc3ccc(Cl)cc3C(=O)O)cc(C)cc2c(=O)c1C. The van der Waals surface area contributed by atoms with Crippen molar-refractivity contribution in [2.75, 3.05) is 11.1 Å². The highest BCUT2D eigenvalue weighted by Gasteiger charge is 2.20. The van der Waals surface area contributed by atoms with Crippen molar-refractivity contribution in [2.24, 2.45) is 0 Å². The van der Waals surface area contributed by atoms with Crippen molar-refractivity contribution in [2.45, 2.75) is 38.8 Å². The zero-order chi connectivity index (χ0) is 21.3. The number of hydrogen-bond acceptors (Lipinski definition) is 5. The van der Waals surface area contributed by atoms with Crippen LogP contribution in [0.3, 0.4) is 0 Å². The van der Waals surface area contributed by atoms with Crippen LogP contribution in [0.2, 0.25) is 5.02 Å². The third kappa shape index (κ3) is 4.28. The maximum atomic E-state index is 12.9. The van der Waals surface area contributed by atoms with E-state index >= 15 is 0 Å². The topological polar surface area (TPSA) is 79.5 Å². The predicted molar refractivity (Wildman–Crippen MR) is 119 cm³/mol. The third-order valence-electron chi connectivity index (χ3n) is 4.67. The molecule has 0 saturated heterocycles. The number of rotatable bonds is 6. The molecule has 7 heteroatoms. The van der Waals surface area contributed by atoms with Crippen LogP contribution < -0.4 is 10.7 Å². The number of carbonyl (C=O) groups is 1. The number of carboxylic acids is 1. The fraction of sp³-hybridized carbons (Fsp3) is 0.273. The lowest BCUT2D eigenvalue weighted by Crippen LogP contribution is -2.14. The number of nitrogens with one attached hydrogen (secondary N) is 1. The Morgan fingerprint density at radius 3 is 2.66 bits per heavy atom. The number of anilines is 1. The molecule has 152 valence electrons. The third-order valence-corrected chi connectivity index (χ3v) is 5.85. The number of carboxylic acid groups (broad SMARTS) is 1. The van der Waals surface area contributed by atoms with Crippen LogP contribution in [-0.4, -0.2) is 16.8 Å². The molecule has 0 radical (unpaired) electrons. The summed E-state index contributed by atoms with van der Waals surface area (Å²) in [7, 11) is 0. The number of aromatic carboxylic acids is 1. The summed E-state index contributed by atoms with van der Waals surface area (Å²) < 4.78 is 6.14. The zero-order valence-electron chi connectivity index (χ0n) is 16.6. The molecular formula is C22H22ClNO4S. The summed E-state index contributed by atoms with van der Waals surface area (Å²) >= 11 is 7.44. The number of halogens is 1. The van der Waals surface area contributed by atoms with Gasteiger partial charge in [-0.2, -0.15) is 0 Å². The molecule has 0 aliphatic heterocycles. The number of thioether (sulfide) groups is 1. The average Bonchev–Trinajstić information content (AvgIpc) is 2.67. The number of aryl methyl sites for hydroxylation is 1. The molecule has 0 saturated carbocycles. The van der Waals surface area contributed by atoms with Crippen LogP contribution in [0.1, 0.15) is 46.9 Å². The van der Waals surface area contributed by atoms with Crippen molar-refractivity contribution in [1.82, 2.24) is 0 Å². The van der Waals surface area contributed by atoms with Crippen LogP contribution in [0.5, 0.6) is 0 Å². The molecule has 0 aliphatic carbocycles. The molecule has 1 aromatic heterocycles. The summed E-state index contributed by atoms with van der Waals surface area (Å²) in [5.74, 6) is -0.281. The first-order valence-electron chi connectivity index (χ1n) is 9.23. The fourth-order valence-electron chi connectivity index (χ4n) is 3.27. The lowest BCUT2D eigenvalue weighted by molar-refractivity contribution is 0.0698. The second-order valence-electron chi connectivity index (χ2n) is 6.87. The van der Waals surface area contributed by atoms with Gasteiger partial charge < -0.3 is 14.8 Å². The van der Waals surface area contributed by atoms with E-state index in [9.17, 15) is 14.7 Å². The minimum Gasteiger partial charge on any atom is -0.478 e.